The lowest BCUT2D eigenvalue weighted by Gasteiger charge is -2.17. The van der Waals surface area contributed by atoms with E-state index in [0.717, 1.165) is 5.57 Å². The van der Waals surface area contributed by atoms with Crippen LogP contribution in [0, 0.1) is 5.92 Å². The van der Waals surface area contributed by atoms with E-state index in [-0.39, 0.29) is 11.6 Å². The van der Waals surface area contributed by atoms with Crippen LogP contribution in [-0.4, -0.2) is 23.4 Å². The van der Waals surface area contributed by atoms with Crippen molar-refractivity contribution in [3.05, 3.63) is 36.5 Å². The number of allylic oxidation sites excluding steroid dienone is 2. The molecule has 0 aromatic heterocycles. The fourth-order valence-corrected chi connectivity index (χ4v) is 1.38. The second-order valence-electron chi connectivity index (χ2n) is 3.15. The maximum Gasteiger partial charge on any atom is 0.292 e. The van der Waals surface area contributed by atoms with E-state index >= 15 is 0 Å². The zero-order valence-corrected chi connectivity index (χ0v) is 8.60. The zero-order valence-electron chi connectivity index (χ0n) is 8.60. The number of amides is 1. The molecule has 1 amide bonds. The molecule has 4 heteroatoms. The number of hydrogen-bond acceptors (Lipinski definition) is 3. The van der Waals surface area contributed by atoms with Crippen molar-refractivity contribution >= 4 is 11.6 Å². The van der Waals surface area contributed by atoms with Gasteiger partial charge in [-0.05, 0) is 18.6 Å². The van der Waals surface area contributed by atoms with Crippen molar-refractivity contribution in [1.29, 1.82) is 0 Å². The van der Waals surface area contributed by atoms with Gasteiger partial charge < -0.3 is 0 Å². The number of hydroxylamine groups is 1. The summed E-state index contributed by atoms with van der Waals surface area (Å²) in [6.45, 7) is 6.10. The molecule has 1 aliphatic heterocycles. The lowest BCUT2D eigenvalue weighted by atomic mass is 9.94. The van der Waals surface area contributed by atoms with Crippen LogP contribution in [0.25, 0.3) is 0 Å². The highest BCUT2D eigenvalue weighted by Crippen LogP contribution is 2.18. The topological polar surface area (TPSA) is 61.7 Å². The summed E-state index contributed by atoms with van der Waals surface area (Å²) in [6.07, 6.45) is 7.25. The van der Waals surface area contributed by atoms with Crippen LogP contribution in [0.5, 0.6) is 0 Å². The van der Waals surface area contributed by atoms with Crippen molar-refractivity contribution in [1.82, 2.24) is 5.48 Å². The summed E-state index contributed by atoms with van der Waals surface area (Å²) in [5, 5.41) is 8.48. The van der Waals surface area contributed by atoms with Crippen molar-refractivity contribution in [2.24, 2.45) is 10.9 Å². The van der Waals surface area contributed by atoms with Crippen LogP contribution < -0.4 is 5.48 Å². The fourth-order valence-electron chi connectivity index (χ4n) is 1.38. The quantitative estimate of drug-likeness (QED) is 0.415. The number of dihydropyridines is 1. The van der Waals surface area contributed by atoms with Crippen LogP contribution >= 0.6 is 0 Å². The van der Waals surface area contributed by atoms with Gasteiger partial charge in [0.25, 0.3) is 5.91 Å². The Morgan fingerprint density at radius 2 is 2.53 bits per heavy atom. The first-order valence-electron chi connectivity index (χ1n) is 4.68. The van der Waals surface area contributed by atoms with Crippen LogP contribution in [0.4, 0.5) is 0 Å². The third-order valence-electron chi connectivity index (χ3n) is 2.17. The van der Waals surface area contributed by atoms with Gasteiger partial charge in [-0.25, -0.2) is 5.48 Å². The zero-order chi connectivity index (χ0) is 11.3. The molecule has 1 unspecified atom stereocenters. The van der Waals surface area contributed by atoms with Crippen LogP contribution in [-0.2, 0) is 4.79 Å². The molecule has 4 nitrogen and oxygen atoms in total. The summed E-state index contributed by atoms with van der Waals surface area (Å²) in [5.74, 6) is -0.448. The van der Waals surface area contributed by atoms with Crippen molar-refractivity contribution in [3.8, 4) is 0 Å². The van der Waals surface area contributed by atoms with Crippen molar-refractivity contribution < 1.29 is 10.0 Å². The van der Waals surface area contributed by atoms with Crippen LogP contribution in [0.1, 0.15) is 6.92 Å². The van der Waals surface area contributed by atoms with E-state index in [1.54, 1.807) is 17.6 Å². The van der Waals surface area contributed by atoms with Gasteiger partial charge in [0.15, 0.2) is 0 Å². The minimum absolute atomic E-state index is 0.136. The molecule has 0 aromatic carbocycles. The molecule has 1 aliphatic rings. The number of nitrogens with one attached hydrogen (secondary N) is 1. The van der Waals surface area contributed by atoms with Gasteiger partial charge in [-0.2, -0.15) is 0 Å². The molecule has 0 fully saturated rings. The second-order valence-corrected chi connectivity index (χ2v) is 3.15. The number of nitrogens with zero attached hydrogens (tertiary/aromatic N) is 1. The molecule has 15 heavy (non-hydrogen) atoms. The Kier molecular flexibility index (Phi) is 4.00. The average molecular weight is 206 g/mol. The van der Waals surface area contributed by atoms with Crippen molar-refractivity contribution in [2.45, 2.75) is 6.92 Å². The molecule has 1 atom stereocenters. The first-order chi connectivity index (χ1) is 7.22. The summed E-state index contributed by atoms with van der Waals surface area (Å²) < 4.78 is 0. The third kappa shape index (κ3) is 2.63. The van der Waals surface area contributed by atoms with Crippen LogP contribution in [0.3, 0.4) is 0 Å². The molecule has 1 heterocycles. The number of hydrogen-bond donors (Lipinski definition) is 2. The number of rotatable bonds is 3. The van der Waals surface area contributed by atoms with Gasteiger partial charge in [0.2, 0.25) is 0 Å². The molecular formula is C11H14N2O2. The summed E-state index contributed by atoms with van der Waals surface area (Å²) in [7, 11) is 0. The standard InChI is InChI=1S/C11H14N2O2/c1-3-5-9-6-10(11(14)13-15)12-7-8(9)4-2/h3-6,8,15H,2,7H2,1H3,(H,13,14). The van der Waals surface area contributed by atoms with Crippen molar-refractivity contribution in [3.63, 3.8) is 0 Å². The lowest BCUT2D eigenvalue weighted by Crippen LogP contribution is -2.29. The Balaban J connectivity index is 2.95. The summed E-state index contributed by atoms with van der Waals surface area (Å²) >= 11 is 0. The molecule has 0 aromatic rings. The molecule has 0 bridgehead atoms. The minimum atomic E-state index is -0.584. The normalized spacial score (nSPS) is 20.8. The summed E-state index contributed by atoms with van der Waals surface area (Å²) in [4.78, 5) is 15.2. The van der Waals surface area contributed by atoms with E-state index in [9.17, 15) is 4.79 Å². The van der Waals surface area contributed by atoms with E-state index in [2.05, 4.69) is 11.6 Å². The molecule has 0 saturated heterocycles. The number of carbonyl (C=O) groups is 1. The Morgan fingerprint density at radius 1 is 1.80 bits per heavy atom. The number of carbonyl (C=O) groups excluding carboxylic acids is 1. The van der Waals surface area contributed by atoms with E-state index in [4.69, 9.17) is 5.21 Å². The first-order valence-corrected chi connectivity index (χ1v) is 4.68. The Hall–Kier alpha value is -1.68. The van der Waals surface area contributed by atoms with E-state index < -0.39 is 5.91 Å². The van der Waals surface area contributed by atoms with Crippen molar-refractivity contribution in [2.75, 3.05) is 6.54 Å². The second kappa shape index (κ2) is 5.26. The van der Waals surface area contributed by atoms with E-state index in [1.165, 1.54) is 0 Å². The molecular weight excluding hydrogens is 192 g/mol. The van der Waals surface area contributed by atoms with Gasteiger partial charge in [0, 0.05) is 5.92 Å². The largest absolute Gasteiger partial charge is 0.292 e. The van der Waals surface area contributed by atoms with E-state index in [1.807, 2.05) is 19.1 Å². The van der Waals surface area contributed by atoms with Gasteiger partial charge in [-0.1, -0.05) is 18.2 Å². The molecule has 0 saturated carbocycles. The maximum absolute atomic E-state index is 11.1. The highest BCUT2D eigenvalue weighted by atomic mass is 16.5. The lowest BCUT2D eigenvalue weighted by molar-refractivity contribution is -0.122. The Morgan fingerprint density at radius 3 is 3.07 bits per heavy atom. The molecule has 0 radical (unpaired) electrons. The van der Waals surface area contributed by atoms with Gasteiger partial charge >= 0.3 is 0 Å². The Labute approximate surface area is 88.7 Å². The molecule has 2 N–H and O–H groups in total. The van der Waals surface area contributed by atoms with Gasteiger partial charge in [-0.15, -0.1) is 6.58 Å². The first kappa shape index (κ1) is 11.4. The van der Waals surface area contributed by atoms with Crippen LogP contribution in [0.2, 0.25) is 0 Å². The summed E-state index contributed by atoms with van der Waals surface area (Å²) in [6, 6.07) is 0. The predicted octanol–water partition coefficient (Wildman–Crippen LogP) is 1.25. The number of aliphatic imine (C=N–C) groups is 1. The molecule has 0 spiro atoms. The highest BCUT2D eigenvalue weighted by Gasteiger charge is 2.17. The van der Waals surface area contributed by atoms with Gasteiger partial charge in [0.05, 0.1) is 6.54 Å². The van der Waals surface area contributed by atoms with E-state index in [0.29, 0.717) is 6.54 Å². The molecule has 0 aliphatic carbocycles. The van der Waals surface area contributed by atoms with Crippen LogP contribution in [0.15, 0.2) is 41.4 Å². The third-order valence-corrected chi connectivity index (χ3v) is 2.17. The highest BCUT2D eigenvalue weighted by molar-refractivity contribution is 6.43. The maximum atomic E-state index is 11.1. The predicted molar refractivity (Wildman–Crippen MR) is 58.8 cm³/mol. The van der Waals surface area contributed by atoms with Gasteiger partial charge in [0.1, 0.15) is 5.71 Å². The minimum Gasteiger partial charge on any atom is -0.288 e. The monoisotopic (exact) mass is 206 g/mol. The average Bonchev–Trinajstić information content (AvgIpc) is 2.28. The Bertz CT molecular complexity index is 354. The molecule has 80 valence electrons. The molecule has 1 rings (SSSR count). The summed E-state index contributed by atoms with van der Waals surface area (Å²) in [5.41, 5.74) is 2.78. The van der Waals surface area contributed by atoms with Gasteiger partial charge in [-0.3, -0.25) is 15.0 Å². The smallest absolute Gasteiger partial charge is 0.288 e. The SMILES string of the molecule is C=CC1CN=C(C(=O)NO)C=C1C=CC. The fraction of sp³-hybridized carbons (Fsp3) is 0.273.